The van der Waals surface area contributed by atoms with Gasteiger partial charge in [-0.05, 0) is 42.5 Å². The lowest BCUT2D eigenvalue weighted by atomic mass is 10.0. The Bertz CT molecular complexity index is 2910. The van der Waals surface area contributed by atoms with Crippen LogP contribution in [0, 0.1) is 11.3 Å². The van der Waals surface area contributed by atoms with Gasteiger partial charge in [0.25, 0.3) is 0 Å². The van der Waals surface area contributed by atoms with E-state index in [9.17, 15) is 5.26 Å². The Labute approximate surface area is 271 Å². The molecule has 4 heterocycles. The molecule has 0 spiro atoms. The highest BCUT2D eigenvalue weighted by atomic mass is 32.1. The first kappa shape index (κ1) is 25.9. The number of benzene rings is 6. The number of aromatic nitrogens is 4. The number of nitrogens with zero attached hydrogens (tertiary/aromatic N) is 5. The molecule has 6 aromatic carbocycles. The highest BCUT2D eigenvalue weighted by Crippen LogP contribution is 2.50. The van der Waals surface area contributed by atoms with Gasteiger partial charge in [0.05, 0.1) is 27.4 Å². The molecule has 0 N–H and O–H groups in total. The van der Waals surface area contributed by atoms with E-state index in [0.717, 1.165) is 70.3 Å². The first-order valence-electron chi connectivity index (χ1n) is 15.3. The molecule has 0 aliphatic rings. The maximum Gasteiger partial charge on any atom is 0.238 e. The van der Waals surface area contributed by atoms with E-state index < -0.39 is 0 Å². The van der Waals surface area contributed by atoms with Gasteiger partial charge < -0.3 is 4.42 Å². The van der Waals surface area contributed by atoms with Crippen molar-refractivity contribution >= 4 is 75.3 Å². The predicted molar refractivity (Wildman–Crippen MR) is 190 cm³/mol. The van der Waals surface area contributed by atoms with Crippen LogP contribution in [0.15, 0.2) is 132 Å². The van der Waals surface area contributed by atoms with Crippen LogP contribution in [0.4, 0.5) is 0 Å². The molecule has 0 saturated carbocycles. The molecule has 0 radical (unpaired) electrons. The summed E-state index contributed by atoms with van der Waals surface area (Å²) in [7, 11) is 0. The number of para-hydroxylation sites is 2. The topological polar surface area (TPSA) is 80.5 Å². The summed E-state index contributed by atoms with van der Waals surface area (Å²) < 4.78 is 11.2. The normalized spacial score (nSPS) is 11.8. The van der Waals surface area contributed by atoms with Gasteiger partial charge in [0.15, 0.2) is 11.6 Å². The van der Waals surface area contributed by atoms with Gasteiger partial charge in [-0.15, -0.1) is 11.3 Å². The summed E-state index contributed by atoms with van der Waals surface area (Å²) in [5.41, 5.74) is 6.07. The second-order valence-corrected chi connectivity index (χ2v) is 12.6. The van der Waals surface area contributed by atoms with Crippen LogP contribution in [0.1, 0.15) is 5.56 Å². The average Bonchev–Trinajstić information content (AvgIpc) is 3.81. The van der Waals surface area contributed by atoms with Crippen molar-refractivity contribution in [2.45, 2.75) is 0 Å². The van der Waals surface area contributed by atoms with Crippen molar-refractivity contribution in [3.05, 3.63) is 133 Å². The number of hydrogen-bond donors (Lipinski definition) is 0. The molecule has 10 aromatic rings. The lowest BCUT2D eigenvalue weighted by Gasteiger charge is -2.11. The van der Waals surface area contributed by atoms with Crippen LogP contribution in [0.3, 0.4) is 0 Å². The van der Waals surface area contributed by atoms with Crippen LogP contribution in [0.5, 0.6) is 0 Å². The average molecular weight is 620 g/mol. The number of fused-ring (bicyclic) bond motifs is 12. The number of hydrogen-bond acceptors (Lipinski definition) is 6. The zero-order valence-corrected chi connectivity index (χ0v) is 25.5. The molecule has 0 aliphatic carbocycles. The van der Waals surface area contributed by atoms with E-state index in [1.165, 1.54) is 4.70 Å². The minimum absolute atomic E-state index is 0.523. The molecule has 0 unspecified atom stereocenters. The van der Waals surface area contributed by atoms with Crippen LogP contribution in [-0.4, -0.2) is 19.5 Å². The van der Waals surface area contributed by atoms with Gasteiger partial charge in [-0.2, -0.15) is 15.2 Å². The Morgan fingerprint density at radius 3 is 2.04 bits per heavy atom. The SMILES string of the molecule is N#Cc1ccc(-c2nc(-c3ccccc3)nc(-n3c4ccccc4c4c5c6ccccc6oc5c5c6ccccc6sc5c43)n2)cc1. The first-order valence-corrected chi connectivity index (χ1v) is 16.1. The zero-order chi connectivity index (χ0) is 31.1. The third-order valence-corrected chi connectivity index (χ3v) is 10.1. The molecule has 0 saturated heterocycles. The summed E-state index contributed by atoms with van der Waals surface area (Å²) in [6.07, 6.45) is 0. The van der Waals surface area contributed by atoms with Crippen LogP contribution < -0.4 is 0 Å². The van der Waals surface area contributed by atoms with E-state index in [1.807, 2.05) is 54.6 Å². The molecule has 10 rings (SSSR count). The van der Waals surface area contributed by atoms with E-state index in [0.29, 0.717) is 23.2 Å². The molecular weight excluding hydrogens is 599 g/mol. The fourth-order valence-electron chi connectivity index (χ4n) is 6.83. The van der Waals surface area contributed by atoms with Crippen molar-refractivity contribution in [3.8, 4) is 34.8 Å². The number of nitriles is 1. The van der Waals surface area contributed by atoms with E-state index in [2.05, 4.69) is 71.3 Å². The summed E-state index contributed by atoms with van der Waals surface area (Å²) >= 11 is 1.76. The quantitative estimate of drug-likeness (QED) is 0.197. The standard InChI is InChI=1S/C40H21N5OS/c41-22-23-18-20-25(21-19-23)39-42-38(24-10-2-1-3-11-24)43-40(44-39)45-29-15-7-4-12-26(29)32-33-27-13-5-8-16-30(27)46-36(33)34-28-14-6-9-17-31(28)47-37(34)35(32)45/h1-21H. The first-order chi connectivity index (χ1) is 23.3. The molecule has 7 heteroatoms. The molecular formula is C40H21N5OS. The summed E-state index contributed by atoms with van der Waals surface area (Å²) in [4.78, 5) is 15.3. The molecule has 47 heavy (non-hydrogen) atoms. The van der Waals surface area contributed by atoms with Crippen molar-refractivity contribution < 1.29 is 4.42 Å². The minimum Gasteiger partial charge on any atom is -0.455 e. The monoisotopic (exact) mass is 619 g/mol. The van der Waals surface area contributed by atoms with Crippen LogP contribution in [0.2, 0.25) is 0 Å². The number of furan rings is 1. The zero-order valence-electron chi connectivity index (χ0n) is 24.7. The molecule has 218 valence electrons. The molecule has 0 amide bonds. The highest BCUT2D eigenvalue weighted by molar-refractivity contribution is 7.27. The smallest absolute Gasteiger partial charge is 0.238 e. The van der Waals surface area contributed by atoms with Gasteiger partial charge in [0.2, 0.25) is 5.95 Å². The van der Waals surface area contributed by atoms with Crippen LogP contribution in [-0.2, 0) is 0 Å². The highest BCUT2D eigenvalue weighted by Gasteiger charge is 2.26. The van der Waals surface area contributed by atoms with Gasteiger partial charge >= 0.3 is 0 Å². The largest absolute Gasteiger partial charge is 0.455 e. The van der Waals surface area contributed by atoms with Gasteiger partial charge in [-0.3, -0.25) is 4.57 Å². The summed E-state index contributed by atoms with van der Waals surface area (Å²) in [5.74, 6) is 1.63. The van der Waals surface area contributed by atoms with E-state index in [-0.39, 0.29) is 0 Å². The van der Waals surface area contributed by atoms with Crippen LogP contribution in [0.25, 0.3) is 92.6 Å². The third kappa shape index (κ3) is 3.73. The fraction of sp³-hybridized carbons (Fsp3) is 0. The maximum absolute atomic E-state index is 9.43. The summed E-state index contributed by atoms with van der Waals surface area (Å²) in [6, 6.07) is 44.8. The van der Waals surface area contributed by atoms with Crippen molar-refractivity contribution in [1.82, 2.24) is 19.5 Å². The van der Waals surface area contributed by atoms with Crippen molar-refractivity contribution in [1.29, 1.82) is 5.26 Å². The molecule has 0 aliphatic heterocycles. The Morgan fingerprint density at radius 1 is 0.596 bits per heavy atom. The minimum atomic E-state index is 0.523. The van der Waals surface area contributed by atoms with E-state index in [4.69, 9.17) is 19.4 Å². The lowest BCUT2D eigenvalue weighted by Crippen LogP contribution is -2.06. The van der Waals surface area contributed by atoms with E-state index in [1.54, 1.807) is 23.5 Å². The fourth-order valence-corrected chi connectivity index (χ4v) is 8.07. The molecule has 0 bridgehead atoms. The molecule has 4 aromatic heterocycles. The number of thiophene rings is 1. The molecule has 0 fully saturated rings. The second kappa shape index (κ2) is 9.82. The summed E-state index contributed by atoms with van der Waals surface area (Å²) in [6.45, 7) is 0. The van der Waals surface area contributed by atoms with Gasteiger partial charge in [0.1, 0.15) is 11.2 Å². The Balaban J connectivity index is 1.42. The summed E-state index contributed by atoms with van der Waals surface area (Å²) in [5, 5.41) is 16.1. The molecule has 0 atom stereocenters. The maximum atomic E-state index is 9.43. The van der Waals surface area contributed by atoms with Crippen molar-refractivity contribution in [2.24, 2.45) is 0 Å². The van der Waals surface area contributed by atoms with Gasteiger partial charge in [0, 0.05) is 48.1 Å². The van der Waals surface area contributed by atoms with Gasteiger partial charge in [-0.1, -0.05) is 84.9 Å². The predicted octanol–water partition coefficient (Wildman–Crippen LogP) is 10.4. The third-order valence-electron chi connectivity index (χ3n) is 8.89. The number of rotatable bonds is 3. The Morgan fingerprint density at radius 2 is 1.26 bits per heavy atom. The Kier molecular flexibility index (Phi) is 5.41. The van der Waals surface area contributed by atoms with Gasteiger partial charge in [-0.25, -0.2) is 4.98 Å². The lowest BCUT2D eigenvalue weighted by molar-refractivity contribution is 0.673. The second-order valence-electron chi connectivity index (χ2n) is 11.5. The van der Waals surface area contributed by atoms with Crippen LogP contribution >= 0.6 is 11.3 Å². The Hall–Kier alpha value is -6.36. The van der Waals surface area contributed by atoms with E-state index >= 15 is 0 Å². The molecule has 6 nitrogen and oxygen atoms in total. The van der Waals surface area contributed by atoms with Crippen molar-refractivity contribution in [3.63, 3.8) is 0 Å². The van der Waals surface area contributed by atoms with Crippen molar-refractivity contribution in [2.75, 3.05) is 0 Å².